The van der Waals surface area contributed by atoms with Crippen molar-refractivity contribution in [3.8, 4) is 5.75 Å². The number of hydroxylamine groups is 1. The Hall–Kier alpha value is -4.36. The Labute approximate surface area is 380 Å². The van der Waals surface area contributed by atoms with Crippen LogP contribution in [0.4, 0.5) is 0 Å². The van der Waals surface area contributed by atoms with E-state index in [-0.39, 0.29) is 78.5 Å². The van der Waals surface area contributed by atoms with Crippen molar-refractivity contribution < 1.29 is 48.2 Å². The highest BCUT2D eigenvalue weighted by Crippen LogP contribution is 2.27. The van der Waals surface area contributed by atoms with E-state index in [0.717, 1.165) is 16.7 Å². The molecule has 63 heavy (non-hydrogen) atoms. The van der Waals surface area contributed by atoms with Crippen LogP contribution < -0.4 is 36.8 Å². The molecule has 16 nitrogen and oxygen atoms in total. The zero-order chi connectivity index (χ0) is 46.1. The van der Waals surface area contributed by atoms with Crippen molar-refractivity contribution in [2.45, 2.75) is 116 Å². The minimum absolute atomic E-state index is 0.0622. The first-order valence-corrected chi connectivity index (χ1v) is 23.9. The summed E-state index contributed by atoms with van der Waals surface area (Å²) in [5.74, 6) is -2.64. The number of thioether (sulfide) groups is 2. The topological polar surface area (TPSA) is 223 Å². The first kappa shape index (κ1) is 53.0. The molecule has 2 bridgehead atoms. The Morgan fingerprint density at radius 2 is 1.41 bits per heavy atom. The van der Waals surface area contributed by atoms with Gasteiger partial charge >= 0.3 is 0 Å². The van der Waals surface area contributed by atoms with Crippen molar-refractivity contribution in [2.75, 3.05) is 37.9 Å². The molecule has 6 amide bonds. The molecular weight excluding hydrogens is 849 g/mol. The molecule has 2 heterocycles. The van der Waals surface area contributed by atoms with E-state index in [9.17, 15) is 34.0 Å². The Bertz CT molecular complexity index is 1740. The van der Waals surface area contributed by atoms with E-state index in [1.807, 2.05) is 77.9 Å². The molecule has 0 radical (unpaired) electrons. The van der Waals surface area contributed by atoms with Gasteiger partial charge in [0, 0.05) is 57.6 Å². The van der Waals surface area contributed by atoms with Gasteiger partial charge < -0.3 is 40.8 Å². The number of carbonyl (C=O) groups is 6. The van der Waals surface area contributed by atoms with Gasteiger partial charge in [0.05, 0.1) is 24.0 Å². The third kappa shape index (κ3) is 20.8. The molecular formula is C45H68N6O10S2. The summed E-state index contributed by atoms with van der Waals surface area (Å²) in [6.45, 7) is 13.5. The van der Waals surface area contributed by atoms with Crippen molar-refractivity contribution in [2.24, 2.45) is 17.8 Å². The van der Waals surface area contributed by atoms with Gasteiger partial charge in [-0.25, -0.2) is 5.48 Å². The quantitative estimate of drug-likeness (QED) is 0.0447. The van der Waals surface area contributed by atoms with Gasteiger partial charge in [-0.1, -0.05) is 50.2 Å². The minimum Gasteiger partial charge on any atom is -0.494 e. The average molecular weight is 917 g/mol. The number of amides is 6. The molecule has 0 spiro atoms. The number of rotatable bonds is 24. The van der Waals surface area contributed by atoms with E-state index in [4.69, 9.17) is 14.2 Å². The van der Waals surface area contributed by atoms with Crippen LogP contribution in [0.25, 0.3) is 0 Å². The van der Waals surface area contributed by atoms with Gasteiger partial charge in [-0.15, -0.1) is 23.5 Å². The lowest BCUT2D eigenvalue weighted by Crippen LogP contribution is -2.51. The molecule has 2 aliphatic rings. The van der Waals surface area contributed by atoms with Gasteiger partial charge in [0.2, 0.25) is 35.4 Å². The van der Waals surface area contributed by atoms with Crippen LogP contribution in [0.5, 0.6) is 5.75 Å². The normalized spacial score (nSPS) is 18.2. The van der Waals surface area contributed by atoms with Crippen LogP contribution >= 0.6 is 23.5 Å². The van der Waals surface area contributed by atoms with Crippen LogP contribution in [0, 0.1) is 17.8 Å². The van der Waals surface area contributed by atoms with Crippen LogP contribution in [0.3, 0.4) is 0 Å². The van der Waals surface area contributed by atoms with Crippen molar-refractivity contribution in [1.82, 2.24) is 32.1 Å². The molecule has 3 unspecified atom stereocenters. The Morgan fingerprint density at radius 3 is 2.00 bits per heavy atom. The lowest BCUT2D eigenvalue weighted by atomic mass is 9.81. The highest BCUT2D eigenvalue weighted by Gasteiger charge is 2.36. The molecule has 0 saturated heterocycles. The number of benzene rings is 2. The van der Waals surface area contributed by atoms with E-state index in [0.29, 0.717) is 51.3 Å². The zero-order valence-electron chi connectivity index (χ0n) is 37.5. The van der Waals surface area contributed by atoms with Crippen molar-refractivity contribution in [3.05, 3.63) is 65.2 Å². The van der Waals surface area contributed by atoms with E-state index in [1.54, 1.807) is 17.6 Å². The van der Waals surface area contributed by atoms with Crippen molar-refractivity contribution in [3.63, 3.8) is 0 Å². The largest absolute Gasteiger partial charge is 0.494 e. The molecule has 350 valence electrons. The highest BCUT2D eigenvalue weighted by atomic mass is 32.2. The van der Waals surface area contributed by atoms with Crippen LogP contribution in [0.2, 0.25) is 0 Å². The number of carbonyl (C=O) groups excluding carboxylic acids is 6. The first-order chi connectivity index (χ1) is 30.2. The molecule has 0 saturated carbocycles. The lowest BCUT2D eigenvalue weighted by molar-refractivity contribution is -0.142. The van der Waals surface area contributed by atoms with E-state index < -0.39 is 41.6 Å². The van der Waals surface area contributed by atoms with E-state index in [2.05, 4.69) is 26.6 Å². The maximum atomic E-state index is 13.9. The third-order valence-corrected chi connectivity index (χ3v) is 12.3. The van der Waals surface area contributed by atoms with Gasteiger partial charge in [-0.3, -0.25) is 34.0 Å². The molecule has 2 aromatic rings. The van der Waals surface area contributed by atoms with E-state index >= 15 is 0 Å². The monoisotopic (exact) mass is 916 g/mol. The summed E-state index contributed by atoms with van der Waals surface area (Å²) in [6, 6.07) is 13.3. The summed E-state index contributed by atoms with van der Waals surface area (Å²) in [5, 5.41) is 24.1. The molecule has 2 aliphatic heterocycles. The standard InChI is InChI=1S/C45H68N6O10S2/c1-7-59-30(5)62-27-41(53)47-26-35(49-42(54)28-63-31(6)60-8-2)17-20-40(52)46-24-33-11-13-34(14-12-33)25-48-45(57)39-23-32-15-18-36(19-16-32)61-21-9-10-37(44(56)51-58)38(22-29(3)4)43(55)50-39/h11-16,18-19,29-31,35,37-39,58H,7-10,17,20-28H2,1-6H3,(H,46,52)(H,47,53)(H,48,57)(H,49,54)(H,50,55)(H,51,56)/t30?,31?,35?,37-,38+,39-/m0/s1. The fourth-order valence-corrected chi connectivity index (χ4v) is 8.34. The highest BCUT2D eigenvalue weighted by molar-refractivity contribution is 8.00. The molecule has 0 aliphatic carbocycles. The zero-order valence-corrected chi connectivity index (χ0v) is 39.1. The van der Waals surface area contributed by atoms with Gasteiger partial charge in [0.1, 0.15) is 22.7 Å². The molecule has 0 fully saturated rings. The van der Waals surface area contributed by atoms with Crippen LogP contribution in [-0.4, -0.2) is 101 Å². The Balaban J connectivity index is 1.58. The summed E-state index contributed by atoms with van der Waals surface area (Å²) < 4.78 is 16.8. The fourth-order valence-electron chi connectivity index (χ4n) is 6.91. The summed E-state index contributed by atoms with van der Waals surface area (Å²) in [7, 11) is 0. The summed E-state index contributed by atoms with van der Waals surface area (Å²) in [6.07, 6.45) is 1.78. The van der Waals surface area contributed by atoms with Crippen LogP contribution in [-0.2, 0) is 57.8 Å². The van der Waals surface area contributed by atoms with E-state index in [1.165, 1.54) is 23.5 Å². The van der Waals surface area contributed by atoms with Crippen LogP contribution in [0.15, 0.2) is 48.5 Å². The second-order valence-corrected chi connectivity index (χ2v) is 18.4. The molecule has 7 N–H and O–H groups in total. The number of hydrogen-bond acceptors (Lipinski definition) is 12. The average Bonchev–Trinajstić information content (AvgIpc) is 3.26. The number of fused-ring (bicyclic) bond motifs is 11. The molecule has 4 rings (SSSR count). The maximum absolute atomic E-state index is 13.9. The predicted molar refractivity (Wildman–Crippen MR) is 245 cm³/mol. The van der Waals surface area contributed by atoms with Crippen LogP contribution in [0.1, 0.15) is 90.3 Å². The fraction of sp³-hybridized carbons (Fsp3) is 0.600. The molecule has 18 heteroatoms. The van der Waals surface area contributed by atoms with Crippen molar-refractivity contribution >= 4 is 59.0 Å². The SMILES string of the molecule is CCOC(C)SCC(=O)NCC(CCC(=O)NCc1ccc(CNC(=O)[C@@H]2Cc3ccc(cc3)OCCC[C@H](C(=O)NO)[C@@H](CC(C)C)C(=O)N2)cc1)NC(=O)CSC(C)OCC. The smallest absolute Gasteiger partial charge is 0.247 e. The molecule has 6 atom stereocenters. The summed E-state index contributed by atoms with van der Waals surface area (Å²) in [5.41, 5.74) is 3.89. The van der Waals surface area contributed by atoms with Gasteiger partial charge in [0.25, 0.3) is 0 Å². The minimum atomic E-state index is -0.949. The number of ether oxygens (including phenoxy) is 3. The lowest BCUT2D eigenvalue weighted by Gasteiger charge is -2.29. The second-order valence-electron chi connectivity index (χ2n) is 15.8. The number of nitrogens with one attached hydrogen (secondary N) is 6. The predicted octanol–water partition coefficient (Wildman–Crippen LogP) is 4.22. The summed E-state index contributed by atoms with van der Waals surface area (Å²) >= 11 is 2.74. The second kappa shape index (κ2) is 29.2. The van der Waals surface area contributed by atoms with Gasteiger partial charge in [-0.05, 0) is 88.1 Å². The molecule has 0 aromatic heterocycles. The Morgan fingerprint density at radius 1 is 0.810 bits per heavy atom. The number of hydrogen-bond donors (Lipinski definition) is 7. The maximum Gasteiger partial charge on any atom is 0.247 e. The van der Waals surface area contributed by atoms with Gasteiger partial charge in [0.15, 0.2) is 0 Å². The summed E-state index contributed by atoms with van der Waals surface area (Å²) in [4.78, 5) is 78.7. The van der Waals surface area contributed by atoms with Gasteiger partial charge in [-0.2, -0.15) is 0 Å². The third-order valence-electron chi connectivity index (χ3n) is 10.2. The molecule has 2 aromatic carbocycles. The first-order valence-electron chi connectivity index (χ1n) is 21.8. The Kier molecular flexibility index (Phi) is 24.5. The van der Waals surface area contributed by atoms with Crippen molar-refractivity contribution in [1.29, 1.82) is 0 Å².